The van der Waals surface area contributed by atoms with E-state index in [1.165, 1.54) is 0 Å². The predicted octanol–water partition coefficient (Wildman–Crippen LogP) is 4.12. The van der Waals surface area contributed by atoms with Gasteiger partial charge in [0.05, 0.1) is 23.7 Å². The molecule has 24 heavy (non-hydrogen) atoms. The molecule has 0 aliphatic heterocycles. The van der Waals surface area contributed by atoms with E-state index in [9.17, 15) is 4.79 Å². The Hall–Kier alpha value is -2.88. The van der Waals surface area contributed by atoms with E-state index in [1.54, 1.807) is 12.3 Å². The number of nitrogens with one attached hydrogen (secondary N) is 1. The van der Waals surface area contributed by atoms with Gasteiger partial charge in [0, 0.05) is 11.6 Å². The van der Waals surface area contributed by atoms with E-state index in [0.717, 1.165) is 22.2 Å². The van der Waals surface area contributed by atoms with Gasteiger partial charge < -0.3 is 10.1 Å². The maximum atomic E-state index is 12.6. The lowest BCUT2D eigenvalue weighted by molar-refractivity contribution is 0.0941. The van der Waals surface area contributed by atoms with Gasteiger partial charge >= 0.3 is 0 Å². The standard InChI is InChI=1S/C20H20N2O2/c1-3-24-17-11-9-15(10-12-17)14(2)22-20(23)18-8-4-6-16-7-5-13-21-19(16)18/h4-14H,3H2,1-2H3,(H,22,23)/t14-/m0/s1. The second-order valence-electron chi connectivity index (χ2n) is 5.58. The molecular formula is C20H20N2O2. The summed E-state index contributed by atoms with van der Waals surface area (Å²) in [6, 6.07) is 17.1. The van der Waals surface area contributed by atoms with E-state index < -0.39 is 0 Å². The fourth-order valence-corrected chi connectivity index (χ4v) is 2.66. The summed E-state index contributed by atoms with van der Waals surface area (Å²) in [7, 11) is 0. The second-order valence-corrected chi connectivity index (χ2v) is 5.58. The Balaban J connectivity index is 1.78. The lowest BCUT2D eigenvalue weighted by atomic mass is 10.1. The first-order valence-corrected chi connectivity index (χ1v) is 8.06. The van der Waals surface area contributed by atoms with Crippen LogP contribution in [0.4, 0.5) is 0 Å². The second kappa shape index (κ2) is 7.13. The van der Waals surface area contributed by atoms with E-state index in [-0.39, 0.29) is 11.9 Å². The summed E-state index contributed by atoms with van der Waals surface area (Å²) in [5.41, 5.74) is 2.34. The Bertz CT molecular complexity index is 838. The van der Waals surface area contributed by atoms with Crippen LogP contribution in [-0.4, -0.2) is 17.5 Å². The SMILES string of the molecule is CCOc1ccc([C@H](C)NC(=O)c2cccc3cccnc23)cc1. The van der Waals surface area contributed by atoms with E-state index >= 15 is 0 Å². The summed E-state index contributed by atoms with van der Waals surface area (Å²) in [6.45, 7) is 4.56. The van der Waals surface area contributed by atoms with Gasteiger partial charge in [-0.05, 0) is 43.7 Å². The van der Waals surface area contributed by atoms with Crippen LogP contribution in [0.25, 0.3) is 10.9 Å². The highest BCUT2D eigenvalue weighted by molar-refractivity contribution is 6.05. The number of pyridine rings is 1. The summed E-state index contributed by atoms with van der Waals surface area (Å²) >= 11 is 0. The van der Waals surface area contributed by atoms with Crippen molar-refractivity contribution >= 4 is 16.8 Å². The van der Waals surface area contributed by atoms with Crippen LogP contribution in [0.5, 0.6) is 5.75 Å². The van der Waals surface area contributed by atoms with Crippen LogP contribution < -0.4 is 10.1 Å². The number of carbonyl (C=O) groups is 1. The zero-order valence-electron chi connectivity index (χ0n) is 13.8. The van der Waals surface area contributed by atoms with Gasteiger partial charge in [0.2, 0.25) is 0 Å². The lowest BCUT2D eigenvalue weighted by Crippen LogP contribution is -2.26. The van der Waals surface area contributed by atoms with Crippen LogP contribution in [0.2, 0.25) is 0 Å². The molecule has 2 aromatic carbocycles. The van der Waals surface area contributed by atoms with Crippen molar-refractivity contribution < 1.29 is 9.53 Å². The van der Waals surface area contributed by atoms with Gasteiger partial charge in [0.15, 0.2) is 0 Å². The van der Waals surface area contributed by atoms with Gasteiger partial charge in [0.1, 0.15) is 5.75 Å². The Labute approximate surface area is 141 Å². The number of benzene rings is 2. The highest BCUT2D eigenvalue weighted by Crippen LogP contribution is 2.20. The first kappa shape index (κ1) is 16.0. The van der Waals surface area contributed by atoms with Crippen molar-refractivity contribution in [3.05, 3.63) is 71.9 Å². The predicted molar refractivity (Wildman–Crippen MR) is 95.2 cm³/mol. The van der Waals surface area contributed by atoms with Crippen molar-refractivity contribution in [1.82, 2.24) is 10.3 Å². The third-order valence-electron chi connectivity index (χ3n) is 3.92. The van der Waals surface area contributed by atoms with Gasteiger partial charge in [-0.3, -0.25) is 9.78 Å². The summed E-state index contributed by atoms with van der Waals surface area (Å²) < 4.78 is 5.44. The molecule has 0 aliphatic rings. The van der Waals surface area contributed by atoms with Gasteiger partial charge in [-0.2, -0.15) is 0 Å². The van der Waals surface area contributed by atoms with Crippen LogP contribution in [-0.2, 0) is 0 Å². The van der Waals surface area contributed by atoms with Crippen LogP contribution >= 0.6 is 0 Å². The molecule has 122 valence electrons. The molecule has 0 fully saturated rings. The molecule has 0 saturated heterocycles. The fraction of sp³-hybridized carbons (Fsp3) is 0.200. The number of rotatable bonds is 5. The van der Waals surface area contributed by atoms with Gasteiger partial charge in [-0.15, -0.1) is 0 Å². The molecule has 1 amide bonds. The number of hydrogen-bond donors (Lipinski definition) is 1. The molecule has 0 spiro atoms. The fourth-order valence-electron chi connectivity index (χ4n) is 2.66. The summed E-state index contributed by atoms with van der Waals surface area (Å²) in [6.07, 6.45) is 1.70. The van der Waals surface area contributed by atoms with Crippen molar-refractivity contribution in [2.24, 2.45) is 0 Å². The molecule has 4 heteroatoms. The van der Waals surface area contributed by atoms with Crippen LogP contribution in [0.15, 0.2) is 60.8 Å². The molecule has 0 saturated carbocycles. The number of para-hydroxylation sites is 1. The molecule has 4 nitrogen and oxygen atoms in total. The zero-order valence-corrected chi connectivity index (χ0v) is 13.8. The quantitative estimate of drug-likeness (QED) is 0.769. The number of amides is 1. The molecule has 1 atom stereocenters. The third kappa shape index (κ3) is 3.38. The van der Waals surface area contributed by atoms with Crippen molar-refractivity contribution in [3.8, 4) is 5.75 Å². The van der Waals surface area contributed by atoms with Gasteiger partial charge in [0.25, 0.3) is 5.91 Å². The first-order valence-electron chi connectivity index (χ1n) is 8.06. The van der Waals surface area contributed by atoms with E-state index in [1.807, 2.05) is 62.4 Å². The molecule has 0 aliphatic carbocycles. The molecule has 1 N–H and O–H groups in total. The Morgan fingerprint density at radius 3 is 2.62 bits per heavy atom. The molecular weight excluding hydrogens is 300 g/mol. The van der Waals surface area contributed by atoms with E-state index in [2.05, 4.69) is 10.3 Å². The minimum absolute atomic E-state index is 0.104. The van der Waals surface area contributed by atoms with Crippen LogP contribution in [0.3, 0.4) is 0 Å². The van der Waals surface area contributed by atoms with Crippen molar-refractivity contribution in [2.75, 3.05) is 6.61 Å². The maximum absolute atomic E-state index is 12.6. The number of hydrogen-bond acceptors (Lipinski definition) is 3. The molecule has 3 aromatic rings. The van der Waals surface area contributed by atoms with Crippen molar-refractivity contribution in [3.63, 3.8) is 0 Å². The monoisotopic (exact) mass is 320 g/mol. The van der Waals surface area contributed by atoms with Gasteiger partial charge in [-0.1, -0.05) is 30.3 Å². The number of fused-ring (bicyclic) bond motifs is 1. The summed E-state index contributed by atoms with van der Waals surface area (Å²) in [4.78, 5) is 17.0. The minimum Gasteiger partial charge on any atom is -0.494 e. The average molecular weight is 320 g/mol. The summed E-state index contributed by atoms with van der Waals surface area (Å²) in [5.74, 6) is 0.707. The molecule has 0 unspecified atom stereocenters. The Morgan fingerprint density at radius 2 is 1.88 bits per heavy atom. The number of carbonyl (C=O) groups excluding carboxylic acids is 1. The van der Waals surface area contributed by atoms with E-state index in [0.29, 0.717) is 12.2 Å². The topological polar surface area (TPSA) is 51.2 Å². The molecule has 1 heterocycles. The minimum atomic E-state index is -0.124. The first-order chi connectivity index (χ1) is 11.7. The highest BCUT2D eigenvalue weighted by Gasteiger charge is 2.14. The van der Waals surface area contributed by atoms with Gasteiger partial charge in [-0.25, -0.2) is 0 Å². The smallest absolute Gasteiger partial charge is 0.253 e. The normalized spacial score (nSPS) is 11.9. The molecule has 0 bridgehead atoms. The number of ether oxygens (including phenoxy) is 1. The molecule has 3 rings (SSSR count). The zero-order chi connectivity index (χ0) is 16.9. The van der Waals surface area contributed by atoms with Crippen molar-refractivity contribution in [2.45, 2.75) is 19.9 Å². The lowest BCUT2D eigenvalue weighted by Gasteiger charge is -2.15. The largest absolute Gasteiger partial charge is 0.494 e. The third-order valence-corrected chi connectivity index (χ3v) is 3.92. The molecule has 1 aromatic heterocycles. The Kier molecular flexibility index (Phi) is 4.75. The number of nitrogens with zero attached hydrogens (tertiary/aromatic N) is 1. The van der Waals surface area contributed by atoms with Crippen LogP contribution in [0.1, 0.15) is 35.8 Å². The highest BCUT2D eigenvalue weighted by atomic mass is 16.5. The Morgan fingerprint density at radius 1 is 1.12 bits per heavy atom. The van der Waals surface area contributed by atoms with Crippen LogP contribution in [0, 0.1) is 0 Å². The van der Waals surface area contributed by atoms with E-state index in [4.69, 9.17) is 4.74 Å². The number of aromatic nitrogens is 1. The average Bonchev–Trinajstić information content (AvgIpc) is 2.62. The van der Waals surface area contributed by atoms with Crippen molar-refractivity contribution in [1.29, 1.82) is 0 Å². The molecule has 0 radical (unpaired) electrons. The maximum Gasteiger partial charge on any atom is 0.253 e. The summed E-state index contributed by atoms with van der Waals surface area (Å²) in [5, 5.41) is 3.99.